The molecule has 0 aromatic heterocycles. The third kappa shape index (κ3) is 5.26. The Bertz CT molecular complexity index is 1070. The predicted molar refractivity (Wildman–Crippen MR) is 127 cm³/mol. The van der Waals surface area contributed by atoms with E-state index in [1.54, 1.807) is 62.4 Å². The molecule has 0 saturated heterocycles. The number of benzene rings is 2. The summed E-state index contributed by atoms with van der Waals surface area (Å²) < 4.78 is 0. The zero-order chi connectivity index (χ0) is 25.0. The summed E-state index contributed by atoms with van der Waals surface area (Å²) in [7, 11) is 1.42. The van der Waals surface area contributed by atoms with Crippen LogP contribution in [0.4, 0.5) is 5.69 Å². The molecule has 4 amide bonds. The minimum atomic E-state index is -1.36. The molecule has 0 fully saturated rings. The van der Waals surface area contributed by atoms with Crippen LogP contribution < -0.4 is 16.0 Å². The second kappa shape index (κ2) is 10.5. The van der Waals surface area contributed by atoms with Gasteiger partial charge >= 0.3 is 0 Å². The lowest BCUT2D eigenvalue weighted by atomic mass is 9.97. The zero-order valence-corrected chi connectivity index (χ0v) is 19.6. The Kier molecular flexibility index (Phi) is 7.68. The van der Waals surface area contributed by atoms with Gasteiger partial charge in [-0.05, 0) is 30.5 Å². The molecule has 34 heavy (non-hydrogen) atoms. The molecule has 1 heterocycles. The highest BCUT2D eigenvalue weighted by Crippen LogP contribution is 2.25. The number of aliphatic hydroxyl groups is 1. The molecule has 180 valence electrons. The van der Waals surface area contributed by atoms with E-state index >= 15 is 0 Å². The summed E-state index contributed by atoms with van der Waals surface area (Å²) in [5, 5.41) is 19.1. The van der Waals surface area contributed by atoms with E-state index in [2.05, 4.69) is 16.0 Å². The first kappa shape index (κ1) is 24.9. The zero-order valence-electron chi connectivity index (χ0n) is 19.6. The first-order valence-corrected chi connectivity index (χ1v) is 11.1. The summed E-state index contributed by atoms with van der Waals surface area (Å²) in [6.07, 6.45) is -1.36. The maximum atomic E-state index is 13.5. The Balaban J connectivity index is 2.12. The molecule has 2 aromatic rings. The number of rotatable bonds is 3. The summed E-state index contributed by atoms with van der Waals surface area (Å²) in [5.74, 6) is -2.62. The summed E-state index contributed by atoms with van der Waals surface area (Å²) in [6, 6.07) is 11.6. The van der Waals surface area contributed by atoms with Crippen molar-refractivity contribution in [2.45, 2.75) is 45.0 Å². The fraction of sp³-hybridized carbons (Fsp3) is 0.360. The molecule has 2 aromatic carbocycles. The quantitative estimate of drug-likeness (QED) is 0.545. The van der Waals surface area contributed by atoms with Crippen LogP contribution in [0.1, 0.15) is 42.8 Å². The average molecular weight is 467 g/mol. The second-order valence-corrected chi connectivity index (χ2v) is 8.71. The molecule has 9 heteroatoms. The Morgan fingerprint density at radius 1 is 0.882 bits per heavy atom. The molecule has 0 unspecified atom stereocenters. The van der Waals surface area contributed by atoms with Crippen molar-refractivity contribution in [3.63, 3.8) is 0 Å². The minimum absolute atomic E-state index is 0.150. The highest BCUT2D eigenvalue weighted by molar-refractivity contribution is 6.07. The third-order valence-corrected chi connectivity index (χ3v) is 5.87. The van der Waals surface area contributed by atoms with Crippen LogP contribution in [0, 0.1) is 5.92 Å². The molecule has 1 aliphatic heterocycles. The number of hydrogen-bond acceptors (Lipinski definition) is 5. The van der Waals surface area contributed by atoms with Crippen LogP contribution in [0.5, 0.6) is 0 Å². The third-order valence-electron chi connectivity index (χ3n) is 5.87. The van der Waals surface area contributed by atoms with Crippen molar-refractivity contribution in [2.75, 3.05) is 12.4 Å². The van der Waals surface area contributed by atoms with Crippen LogP contribution >= 0.6 is 0 Å². The van der Waals surface area contributed by atoms with Crippen LogP contribution in [0.15, 0.2) is 54.6 Å². The van der Waals surface area contributed by atoms with E-state index in [0.717, 1.165) is 4.90 Å². The fourth-order valence-corrected chi connectivity index (χ4v) is 3.85. The molecule has 1 aliphatic rings. The Morgan fingerprint density at radius 3 is 2.15 bits per heavy atom. The van der Waals surface area contributed by atoms with Gasteiger partial charge in [0, 0.05) is 7.05 Å². The highest BCUT2D eigenvalue weighted by atomic mass is 16.3. The van der Waals surface area contributed by atoms with Gasteiger partial charge in [0.15, 0.2) is 0 Å². The number of nitrogens with one attached hydrogen (secondary N) is 3. The van der Waals surface area contributed by atoms with Crippen molar-refractivity contribution in [3.05, 3.63) is 65.7 Å². The molecule has 3 rings (SSSR count). The van der Waals surface area contributed by atoms with Crippen molar-refractivity contribution in [3.8, 4) is 0 Å². The van der Waals surface area contributed by atoms with Crippen molar-refractivity contribution < 1.29 is 24.3 Å². The van der Waals surface area contributed by atoms with Gasteiger partial charge in [0.1, 0.15) is 24.2 Å². The van der Waals surface area contributed by atoms with E-state index in [-0.39, 0.29) is 17.2 Å². The van der Waals surface area contributed by atoms with E-state index in [4.69, 9.17) is 0 Å². The lowest BCUT2D eigenvalue weighted by Crippen LogP contribution is -2.58. The van der Waals surface area contributed by atoms with E-state index in [1.807, 2.05) is 0 Å². The fourth-order valence-electron chi connectivity index (χ4n) is 3.85. The van der Waals surface area contributed by atoms with Crippen molar-refractivity contribution in [2.24, 2.45) is 5.92 Å². The summed E-state index contributed by atoms with van der Waals surface area (Å²) in [5.41, 5.74) is 0.789. The number of fused-ring (bicyclic) bond motifs is 1. The number of carbonyl (C=O) groups is 4. The summed E-state index contributed by atoms with van der Waals surface area (Å²) in [4.78, 5) is 53.8. The van der Waals surface area contributed by atoms with Gasteiger partial charge in [0.2, 0.25) is 17.7 Å². The number of carbonyl (C=O) groups excluding carboxylic acids is 4. The monoisotopic (exact) mass is 466 g/mol. The average Bonchev–Trinajstić information content (AvgIpc) is 2.82. The maximum Gasteiger partial charge on any atom is 0.254 e. The summed E-state index contributed by atoms with van der Waals surface area (Å²) >= 11 is 0. The molecule has 9 nitrogen and oxygen atoms in total. The standard InChI is InChI=1S/C25H30N4O5/c1-14(2)19-25(34)29(4)20(21(30)16-10-6-5-7-11-16)24(33)27-18-13-9-8-12-17(18)23(32)26-15(3)22(31)28-19/h5-15,19-21,30H,1-4H3,(H,26,32)(H,27,33)(H,28,31)/t15-,19-,20+,21+/m1/s1. The lowest BCUT2D eigenvalue weighted by molar-refractivity contribution is -0.145. The van der Waals surface area contributed by atoms with Crippen LogP contribution in [0.2, 0.25) is 0 Å². The van der Waals surface area contributed by atoms with Crippen LogP contribution in [0.3, 0.4) is 0 Å². The first-order chi connectivity index (χ1) is 16.1. The maximum absolute atomic E-state index is 13.5. The van der Waals surface area contributed by atoms with Crippen molar-refractivity contribution in [1.82, 2.24) is 15.5 Å². The largest absolute Gasteiger partial charge is 0.386 e. The minimum Gasteiger partial charge on any atom is -0.386 e. The lowest BCUT2D eigenvalue weighted by Gasteiger charge is -2.34. The van der Waals surface area contributed by atoms with Crippen molar-refractivity contribution in [1.29, 1.82) is 0 Å². The molecule has 0 bridgehead atoms. The van der Waals surface area contributed by atoms with Crippen LogP contribution in [-0.4, -0.2) is 58.8 Å². The SMILES string of the molecule is CC(C)[C@H]1NC(=O)[C@@H](C)NC(=O)c2ccccc2NC(=O)[C@H]([C@@H](O)c2ccccc2)N(C)C1=O. The van der Waals surface area contributed by atoms with Gasteiger partial charge in [-0.25, -0.2) is 0 Å². The van der Waals surface area contributed by atoms with E-state index < -0.39 is 47.9 Å². The smallest absolute Gasteiger partial charge is 0.254 e. The molecule has 4 atom stereocenters. The van der Waals surface area contributed by atoms with Gasteiger partial charge in [-0.3, -0.25) is 19.2 Å². The topological polar surface area (TPSA) is 128 Å². The van der Waals surface area contributed by atoms with E-state index in [9.17, 15) is 24.3 Å². The number of likely N-dealkylation sites (N-methyl/N-ethyl adjacent to an activating group) is 1. The molecule has 0 saturated carbocycles. The Hall–Kier alpha value is -3.72. The molecular weight excluding hydrogens is 436 g/mol. The van der Waals surface area contributed by atoms with Gasteiger partial charge < -0.3 is 26.0 Å². The molecule has 0 radical (unpaired) electrons. The Morgan fingerprint density at radius 2 is 1.50 bits per heavy atom. The Labute approximate surface area is 198 Å². The number of nitrogens with zero attached hydrogens (tertiary/aromatic N) is 1. The predicted octanol–water partition coefficient (Wildman–Crippen LogP) is 1.46. The normalized spacial score (nSPS) is 23.0. The number of amides is 4. The molecule has 0 aliphatic carbocycles. The van der Waals surface area contributed by atoms with Gasteiger partial charge in [-0.15, -0.1) is 0 Å². The van der Waals surface area contributed by atoms with Gasteiger partial charge in [0.25, 0.3) is 5.91 Å². The molecular formula is C25H30N4O5. The van der Waals surface area contributed by atoms with Crippen LogP contribution in [0.25, 0.3) is 0 Å². The van der Waals surface area contributed by atoms with Crippen molar-refractivity contribution >= 4 is 29.3 Å². The highest BCUT2D eigenvalue weighted by Gasteiger charge is 2.39. The van der Waals surface area contributed by atoms with E-state index in [0.29, 0.717) is 5.56 Å². The summed E-state index contributed by atoms with van der Waals surface area (Å²) in [6.45, 7) is 5.04. The second-order valence-electron chi connectivity index (χ2n) is 8.71. The van der Waals surface area contributed by atoms with Crippen LogP contribution in [-0.2, 0) is 14.4 Å². The van der Waals surface area contributed by atoms with Gasteiger partial charge in [-0.1, -0.05) is 56.3 Å². The van der Waals surface area contributed by atoms with E-state index in [1.165, 1.54) is 20.0 Å². The molecule has 4 N–H and O–H groups in total. The molecule has 0 spiro atoms. The number of hydrogen-bond donors (Lipinski definition) is 4. The number of para-hydroxylation sites is 1. The first-order valence-electron chi connectivity index (χ1n) is 11.1. The van der Waals surface area contributed by atoms with Gasteiger partial charge in [0.05, 0.1) is 11.3 Å². The number of aliphatic hydroxyl groups excluding tert-OH is 1. The van der Waals surface area contributed by atoms with Gasteiger partial charge in [-0.2, -0.15) is 0 Å². The number of anilines is 1.